The van der Waals surface area contributed by atoms with Gasteiger partial charge in [-0.2, -0.15) is 0 Å². The first-order valence-electron chi connectivity index (χ1n) is 7.61. The zero-order chi connectivity index (χ0) is 16.2. The number of nitrogens with zero attached hydrogens (tertiary/aromatic N) is 2. The molecule has 1 amide bonds. The van der Waals surface area contributed by atoms with Crippen molar-refractivity contribution in [3.63, 3.8) is 0 Å². The van der Waals surface area contributed by atoms with Crippen molar-refractivity contribution in [3.05, 3.63) is 42.4 Å². The quantitative estimate of drug-likeness (QED) is 0.886. The Hall–Kier alpha value is -2.41. The predicted octanol–water partition coefficient (Wildman–Crippen LogP) is 1.47. The van der Waals surface area contributed by atoms with Gasteiger partial charge in [0.05, 0.1) is 12.2 Å². The molecule has 0 saturated heterocycles. The van der Waals surface area contributed by atoms with Crippen molar-refractivity contribution in [1.82, 2.24) is 15.3 Å². The number of hydrogen-bond acceptors (Lipinski definition) is 6. The fourth-order valence-electron chi connectivity index (χ4n) is 2.78. The minimum absolute atomic E-state index is 0.243. The number of aliphatic hydroxyl groups is 1. The highest BCUT2D eigenvalue weighted by atomic mass is 16.5. The van der Waals surface area contributed by atoms with Crippen molar-refractivity contribution in [1.29, 1.82) is 0 Å². The highest BCUT2D eigenvalue weighted by molar-refractivity contribution is 5.93. The molecular formula is C16H19N3O4. The lowest BCUT2D eigenvalue weighted by atomic mass is 9.89. The van der Waals surface area contributed by atoms with Gasteiger partial charge in [0.2, 0.25) is 0 Å². The standard InChI is InChI=1S/C16H19N3O4/c1-10-14(18-9-22-10)16(21)19-12-5-2-6-13(15(12)20)23-11-4-3-7-17-8-11/h3-4,7-9,12-13,15,20H,2,5-6H2,1H3,(H,19,21)/t12-,13-,15-/m1/s1. The fraction of sp³-hybridized carbons (Fsp3) is 0.438. The molecule has 7 heteroatoms. The number of pyridine rings is 1. The molecule has 1 saturated carbocycles. The summed E-state index contributed by atoms with van der Waals surface area (Å²) < 4.78 is 10.8. The van der Waals surface area contributed by atoms with Crippen LogP contribution in [0.15, 0.2) is 35.3 Å². The van der Waals surface area contributed by atoms with Crippen LogP contribution in [-0.2, 0) is 0 Å². The molecule has 0 bridgehead atoms. The average molecular weight is 317 g/mol. The zero-order valence-electron chi connectivity index (χ0n) is 12.8. The second kappa shape index (κ2) is 6.78. The van der Waals surface area contributed by atoms with Crippen LogP contribution in [0.1, 0.15) is 35.5 Å². The summed E-state index contributed by atoms with van der Waals surface area (Å²) in [5.74, 6) is 0.717. The van der Waals surface area contributed by atoms with Gasteiger partial charge in [0.1, 0.15) is 23.7 Å². The van der Waals surface area contributed by atoms with Crippen molar-refractivity contribution in [2.75, 3.05) is 0 Å². The van der Waals surface area contributed by atoms with Crippen molar-refractivity contribution >= 4 is 5.91 Å². The van der Waals surface area contributed by atoms with Crippen LogP contribution in [0.4, 0.5) is 0 Å². The third kappa shape index (κ3) is 3.50. The van der Waals surface area contributed by atoms with E-state index in [1.165, 1.54) is 6.39 Å². The molecule has 2 aromatic rings. The molecule has 2 aromatic heterocycles. The lowest BCUT2D eigenvalue weighted by Crippen LogP contribution is -2.52. The van der Waals surface area contributed by atoms with E-state index in [4.69, 9.17) is 9.15 Å². The summed E-state index contributed by atoms with van der Waals surface area (Å²) in [5, 5.41) is 13.3. The Bertz CT molecular complexity index is 658. The maximum Gasteiger partial charge on any atom is 0.273 e. The molecule has 0 spiro atoms. The molecule has 3 atom stereocenters. The summed E-state index contributed by atoms with van der Waals surface area (Å²) in [6.45, 7) is 1.67. The molecule has 0 aliphatic heterocycles. The Labute approximate surface area is 133 Å². The molecule has 0 aromatic carbocycles. The van der Waals surface area contributed by atoms with Gasteiger partial charge in [-0.3, -0.25) is 9.78 Å². The highest BCUT2D eigenvalue weighted by Crippen LogP contribution is 2.24. The molecular weight excluding hydrogens is 298 g/mol. The van der Waals surface area contributed by atoms with E-state index in [0.717, 1.165) is 12.8 Å². The summed E-state index contributed by atoms with van der Waals surface area (Å²) in [7, 11) is 0. The smallest absolute Gasteiger partial charge is 0.273 e. The van der Waals surface area contributed by atoms with Crippen LogP contribution in [0.3, 0.4) is 0 Å². The number of rotatable bonds is 4. The third-order valence-electron chi connectivity index (χ3n) is 4.00. The minimum Gasteiger partial charge on any atom is -0.486 e. The molecule has 0 unspecified atom stereocenters. The molecule has 1 aliphatic carbocycles. The van der Waals surface area contributed by atoms with Crippen LogP contribution in [0.25, 0.3) is 0 Å². The molecule has 1 fully saturated rings. The van der Waals surface area contributed by atoms with Crippen molar-refractivity contribution in [2.45, 2.75) is 44.4 Å². The number of aliphatic hydroxyl groups excluding tert-OH is 1. The van der Waals surface area contributed by atoms with E-state index in [2.05, 4.69) is 15.3 Å². The SMILES string of the molecule is Cc1ocnc1C(=O)N[C@@H]1CCC[C@@H](Oc2cccnc2)[C@@H]1O. The normalized spacial score (nSPS) is 24.2. The van der Waals surface area contributed by atoms with E-state index in [1.54, 1.807) is 31.5 Å². The first-order valence-corrected chi connectivity index (χ1v) is 7.61. The van der Waals surface area contributed by atoms with Gasteiger partial charge in [-0.1, -0.05) is 0 Å². The maximum absolute atomic E-state index is 12.2. The first kappa shape index (κ1) is 15.5. The minimum atomic E-state index is -0.792. The van der Waals surface area contributed by atoms with Crippen molar-refractivity contribution in [3.8, 4) is 5.75 Å². The average Bonchev–Trinajstić information content (AvgIpc) is 2.98. The Morgan fingerprint density at radius 3 is 3.04 bits per heavy atom. The Morgan fingerprint density at radius 2 is 2.35 bits per heavy atom. The maximum atomic E-state index is 12.2. The van der Waals surface area contributed by atoms with Gasteiger partial charge >= 0.3 is 0 Å². The number of aromatic nitrogens is 2. The largest absolute Gasteiger partial charge is 0.486 e. The number of nitrogens with one attached hydrogen (secondary N) is 1. The molecule has 2 N–H and O–H groups in total. The molecule has 122 valence electrons. The van der Waals surface area contributed by atoms with Crippen molar-refractivity contribution < 1.29 is 19.1 Å². The number of hydrogen-bond donors (Lipinski definition) is 2. The van der Waals surface area contributed by atoms with E-state index in [9.17, 15) is 9.90 Å². The number of oxazole rings is 1. The molecule has 23 heavy (non-hydrogen) atoms. The molecule has 3 rings (SSSR count). The molecule has 1 aliphatic rings. The summed E-state index contributed by atoms with van der Waals surface area (Å²) in [6, 6.07) is 3.19. The molecule has 0 radical (unpaired) electrons. The second-order valence-corrected chi connectivity index (χ2v) is 5.60. The van der Waals surface area contributed by atoms with Crippen LogP contribution < -0.4 is 10.1 Å². The Balaban J connectivity index is 1.64. The Kier molecular flexibility index (Phi) is 4.57. The topological polar surface area (TPSA) is 97.5 Å². The number of carbonyl (C=O) groups excluding carboxylic acids is 1. The summed E-state index contributed by atoms with van der Waals surface area (Å²) >= 11 is 0. The lowest BCUT2D eigenvalue weighted by Gasteiger charge is -2.35. The molecule has 2 heterocycles. The van der Waals surface area contributed by atoms with E-state index in [1.807, 2.05) is 0 Å². The van der Waals surface area contributed by atoms with E-state index in [0.29, 0.717) is 17.9 Å². The highest BCUT2D eigenvalue weighted by Gasteiger charge is 2.35. The van der Waals surface area contributed by atoms with Gasteiger partial charge in [0.25, 0.3) is 5.91 Å². The summed E-state index contributed by atoms with van der Waals surface area (Å²) in [4.78, 5) is 20.1. The number of amides is 1. The zero-order valence-corrected chi connectivity index (χ0v) is 12.8. The van der Waals surface area contributed by atoms with Gasteiger partial charge in [-0.15, -0.1) is 0 Å². The molecule has 7 nitrogen and oxygen atoms in total. The van der Waals surface area contributed by atoms with Gasteiger partial charge in [0, 0.05) is 6.20 Å². The number of ether oxygens (including phenoxy) is 1. The van der Waals surface area contributed by atoms with E-state index >= 15 is 0 Å². The monoisotopic (exact) mass is 317 g/mol. The summed E-state index contributed by atoms with van der Waals surface area (Å²) in [6.07, 6.45) is 5.60. The second-order valence-electron chi connectivity index (χ2n) is 5.60. The number of aryl methyl sites for hydroxylation is 1. The van der Waals surface area contributed by atoms with Crippen LogP contribution in [0.5, 0.6) is 5.75 Å². The van der Waals surface area contributed by atoms with Crippen LogP contribution >= 0.6 is 0 Å². The number of carbonyl (C=O) groups is 1. The Morgan fingerprint density at radius 1 is 1.48 bits per heavy atom. The van der Waals surface area contributed by atoms with Gasteiger partial charge in [-0.05, 0) is 38.3 Å². The van der Waals surface area contributed by atoms with Crippen molar-refractivity contribution in [2.24, 2.45) is 0 Å². The van der Waals surface area contributed by atoms with E-state index in [-0.39, 0.29) is 23.7 Å². The lowest BCUT2D eigenvalue weighted by molar-refractivity contribution is -0.0142. The van der Waals surface area contributed by atoms with Crippen LogP contribution in [0, 0.1) is 6.92 Å². The van der Waals surface area contributed by atoms with E-state index < -0.39 is 6.10 Å². The fourth-order valence-corrected chi connectivity index (χ4v) is 2.78. The van der Waals surface area contributed by atoms with Crippen LogP contribution in [-0.4, -0.2) is 39.2 Å². The van der Waals surface area contributed by atoms with Gasteiger partial charge in [-0.25, -0.2) is 4.98 Å². The van der Waals surface area contributed by atoms with Crippen LogP contribution in [0.2, 0.25) is 0 Å². The predicted molar refractivity (Wildman–Crippen MR) is 81.0 cm³/mol. The van der Waals surface area contributed by atoms with Gasteiger partial charge in [0.15, 0.2) is 12.1 Å². The first-order chi connectivity index (χ1) is 11.1. The summed E-state index contributed by atoms with van der Waals surface area (Å²) in [5.41, 5.74) is 0.243. The van der Waals surface area contributed by atoms with Gasteiger partial charge < -0.3 is 19.6 Å². The third-order valence-corrected chi connectivity index (χ3v) is 4.00.